The molecule has 1 saturated heterocycles. The van der Waals surface area contributed by atoms with Crippen LogP contribution in [0.3, 0.4) is 0 Å². The van der Waals surface area contributed by atoms with Crippen molar-refractivity contribution in [3.8, 4) is 0 Å². The quantitative estimate of drug-likeness (QED) is 0.616. The van der Waals surface area contributed by atoms with Gasteiger partial charge in [0.05, 0.1) is 5.69 Å². The summed E-state index contributed by atoms with van der Waals surface area (Å²) in [6.07, 6.45) is 3.83. The molecule has 3 rings (SSSR count). The average molecular weight is 398 g/mol. The van der Waals surface area contributed by atoms with Crippen LogP contribution in [-0.4, -0.2) is 17.8 Å². The van der Waals surface area contributed by atoms with Crippen molar-refractivity contribution >= 4 is 46.1 Å². The van der Waals surface area contributed by atoms with Gasteiger partial charge in [0.25, 0.3) is 0 Å². The smallest absolute Gasteiger partial charge is 0.277 e. The van der Waals surface area contributed by atoms with Crippen molar-refractivity contribution in [2.75, 3.05) is 4.90 Å². The van der Waals surface area contributed by atoms with Crippen LogP contribution in [0.1, 0.15) is 25.7 Å². The molecule has 0 radical (unpaired) electrons. The Balaban J connectivity index is 1.92. The molecule has 1 saturated carbocycles. The number of benzene rings is 1. The fraction of sp³-hybridized carbons (Fsp3) is 0.400. The number of barbiturate groups is 1. The number of nitrogens with one attached hydrogen (secondary N) is 1. The fourth-order valence-electron chi connectivity index (χ4n) is 3.13. The summed E-state index contributed by atoms with van der Waals surface area (Å²) in [5.41, 5.74) is 0.508. The average Bonchev–Trinajstić information content (AvgIpc) is 2.94. The SMILES string of the molecule is O=C1NC(=O)N(c2ccc(I)cc2)C(=O)C1C1CCCC1. The number of nitrogens with zero attached hydrogens (tertiary/aromatic N) is 1. The highest BCUT2D eigenvalue weighted by molar-refractivity contribution is 14.1. The third-order valence-electron chi connectivity index (χ3n) is 4.16. The second-order valence-corrected chi connectivity index (χ2v) is 6.71. The van der Waals surface area contributed by atoms with Gasteiger partial charge >= 0.3 is 6.03 Å². The number of rotatable bonds is 2. The molecule has 0 bridgehead atoms. The van der Waals surface area contributed by atoms with Gasteiger partial charge in [-0.05, 0) is 65.6 Å². The first-order chi connectivity index (χ1) is 10.1. The lowest BCUT2D eigenvalue weighted by Crippen LogP contribution is -2.59. The largest absolute Gasteiger partial charge is 0.335 e. The van der Waals surface area contributed by atoms with E-state index in [1.165, 1.54) is 0 Å². The van der Waals surface area contributed by atoms with Crippen LogP contribution < -0.4 is 10.2 Å². The maximum atomic E-state index is 12.7. The highest BCUT2D eigenvalue weighted by Gasteiger charge is 2.45. The second-order valence-electron chi connectivity index (χ2n) is 5.47. The summed E-state index contributed by atoms with van der Waals surface area (Å²) in [5, 5.41) is 2.33. The zero-order chi connectivity index (χ0) is 15.0. The number of amides is 4. The fourth-order valence-corrected chi connectivity index (χ4v) is 3.49. The first-order valence-electron chi connectivity index (χ1n) is 7.02. The third-order valence-corrected chi connectivity index (χ3v) is 4.88. The van der Waals surface area contributed by atoms with Gasteiger partial charge in [0.2, 0.25) is 11.8 Å². The van der Waals surface area contributed by atoms with Gasteiger partial charge in [-0.2, -0.15) is 0 Å². The minimum atomic E-state index is -0.732. The van der Waals surface area contributed by atoms with Gasteiger partial charge in [-0.3, -0.25) is 14.9 Å². The zero-order valence-corrected chi connectivity index (χ0v) is 13.5. The molecule has 1 aliphatic carbocycles. The Kier molecular flexibility index (Phi) is 3.97. The number of hydrogen-bond acceptors (Lipinski definition) is 3. The molecule has 21 heavy (non-hydrogen) atoms. The van der Waals surface area contributed by atoms with Gasteiger partial charge in [-0.15, -0.1) is 0 Å². The lowest BCUT2D eigenvalue weighted by atomic mass is 9.87. The first-order valence-corrected chi connectivity index (χ1v) is 8.10. The van der Waals surface area contributed by atoms with Gasteiger partial charge in [0, 0.05) is 3.57 Å². The molecular weight excluding hydrogens is 383 g/mol. The monoisotopic (exact) mass is 398 g/mol. The third kappa shape index (κ3) is 2.68. The van der Waals surface area contributed by atoms with Crippen molar-refractivity contribution in [2.45, 2.75) is 25.7 Å². The molecule has 2 aliphatic rings. The number of anilines is 1. The summed E-state index contributed by atoms with van der Waals surface area (Å²) in [7, 11) is 0. The molecule has 1 aliphatic heterocycles. The van der Waals surface area contributed by atoms with Crippen LogP contribution in [0.15, 0.2) is 24.3 Å². The van der Waals surface area contributed by atoms with Gasteiger partial charge in [-0.1, -0.05) is 12.8 Å². The van der Waals surface area contributed by atoms with Crippen LogP contribution in [0.5, 0.6) is 0 Å². The molecule has 6 heteroatoms. The summed E-state index contributed by atoms with van der Waals surface area (Å²) in [6.45, 7) is 0. The number of urea groups is 1. The number of imide groups is 2. The molecule has 1 aromatic carbocycles. The molecule has 1 N–H and O–H groups in total. The predicted molar refractivity (Wildman–Crippen MR) is 85.6 cm³/mol. The number of halogens is 1. The Labute approximate surface area is 136 Å². The zero-order valence-electron chi connectivity index (χ0n) is 11.3. The number of carbonyl (C=O) groups is 3. The number of carbonyl (C=O) groups excluding carboxylic acids is 3. The summed E-state index contributed by atoms with van der Waals surface area (Å²) in [6, 6.07) is 6.46. The van der Waals surface area contributed by atoms with E-state index in [-0.39, 0.29) is 5.92 Å². The van der Waals surface area contributed by atoms with Crippen molar-refractivity contribution in [3.63, 3.8) is 0 Å². The molecule has 4 amide bonds. The van der Waals surface area contributed by atoms with Crippen molar-refractivity contribution < 1.29 is 14.4 Å². The van der Waals surface area contributed by atoms with E-state index in [0.717, 1.165) is 34.2 Å². The lowest BCUT2D eigenvalue weighted by Gasteiger charge is -2.32. The van der Waals surface area contributed by atoms with Gasteiger partial charge in [-0.25, -0.2) is 9.69 Å². The van der Waals surface area contributed by atoms with Crippen LogP contribution >= 0.6 is 22.6 Å². The van der Waals surface area contributed by atoms with Crippen molar-refractivity contribution in [3.05, 3.63) is 27.8 Å². The topological polar surface area (TPSA) is 66.5 Å². The molecule has 1 aromatic rings. The molecule has 1 unspecified atom stereocenters. The van der Waals surface area contributed by atoms with Crippen LogP contribution in [0, 0.1) is 15.4 Å². The van der Waals surface area contributed by atoms with E-state index in [4.69, 9.17) is 0 Å². The van der Waals surface area contributed by atoms with E-state index in [9.17, 15) is 14.4 Å². The minimum absolute atomic E-state index is 0.0527. The second kappa shape index (κ2) is 5.75. The Morgan fingerprint density at radius 2 is 1.67 bits per heavy atom. The van der Waals surface area contributed by atoms with E-state index < -0.39 is 23.8 Å². The normalized spacial score (nSPS) is 23.6. The maximum Gasteiger partial charge on any atom is 0.335 e. The molecule has 0 spiro atoms. The summed E-state index contributed by atoms with van der Waals surface area (Å²) >= 11 is 2.16. The van der Waals surface area contributed by atoms with E-state index in [1.54, 1.807) is 12.1 Å². The molecule has 5 nitrogen and oxygen atoms in total. The molecular formula is C15H15IN2O3. The van der Waals surface area contributed by atoms with Crippen LogP contribution in [0.25, 0.3) is 0 Å². The molecule has 1 heterocycles. The summed E-state index contributed by atoms with van der Waals surface area (Å²) < 4.78 is 1.02. The lowest BCUT2D eigenvalue weighted by molar-refractivity contribution is -0.136. The molecule has 2 fully saturated rings. The predicted octanol–water partition coefficient (Wildman–Crippen LogP) is 2.68. The first kappa shape index (κ1) is 14.5. The maximum absolute atomic E-state index is 12.7. The van der Waals surface area contributed by atoms with E-state index in [1.807, 2.05) is 12.1 Å². The highest BCUT2D eigenvalue weighted by atomic mass is 127. The van der Waals surface area contributed by atoms with Crippen LogP contribution in [-0.2, 0) is 9.59 Å². The molecule has 0 aromatic heterocycles. The van der Waals surface area contributed by atoms with Crippen LogP contribution in [0.2, 0.25) is 0 Å². The van der Waals surface area contributed by atoms with E-state index >= 15 is 0 Å². The number of hydrogen-bond donors (Lipinski definition) is 1. The van der Waals surface area contributed by atoms with Gasteiger partial charge in [0.1, 0.15) is 5.92 Å². The minimum Gasteiger partial charge on any atom is -0.277 e. The van der Waals surface area contributed by atoms with Gasteiger partial charge in [0.15, 0.2) is 0 Å². The standard InChI is InChI=1S/C15H15IN2O3/c16-10-5-7-11(8-6-10)18-14(20)12(9-3-1-2-4-9)13(19)17-15(18)21/h5-9,12H,1-4H2,(H,17,19,21). The van der Waals surface area contributed by atoms with Crippen molar-refractivity contribution in [2.24, 2.45) is 11.8 Å². The Hall–Kier alpha value is -1.44. The molecule has 110 valence electrons. The Morgan fingerprint density at radius 1 is 1.05 bits per heavy atom. The summed E-state index contributed by atoms with van der Waals surface area (Å²) in [5.74, 6) is -1.52. The van der Waals surface area contributed by atoms with Gasteiger partial charge < -0.3 is 0 Å². The van der Waals surface area contributed by atoms with E-state index in [2.05, 4.69) is 27.9 Å². The highest BCUT2D eigenvalue weighted by Crippen LogP contribution is 2.35. The van der Waals surface area contributed by atoms with Crippen LogP contribution in [0.4, 0.5) is 10.5 Å². The van der Waals surface area contributed by atoms with E-state index in [0.29, 0.717) is 5.69 Å². The molecule has 1 atom stereocenters. The Morgan fingerprint density at radius 3 is 2.29 bits per heavy atom. The van der Waals surface area contributed by atoms with Crippen molar-refractivity contribution in [1.29, 1.82) is 0 Å². The Bertz CT molecular complexity index is 593. The summed E-state index contributed by atoms with van der Waals surface area (Å²) in [4.78, 5) is 37.8. The van der Waals surface area contributed by atoms with Crippen molar-refractivity contribution in [1.82, 2.24) is 5.32 Å².